The van der Waals surface area contributed by atoms with Crippen LogP contribution < -0.4 is 5.73 Å². The Morgan fingerprint density at radius 1 is 1.11 bits per heavy atom. The highest BCUT2D eigenvalue weighted by Gasteiger charge is 2.48. The highest BCUT2D eigenvalue weighted by Crippen LogP contribution is 2.42. The Morgan fingerprint density at radius 2 is 1.79 bits per heavy atom. The average molecular weight is 286 g/mol. The molecule has 2 atom stereocenters. The Kier molecular flexibility index (Phi) is 3.65. The lowest BCUT2D eigenvalue weighted by Crippen LogP contribution is -2.60. The van der Waals surface area contributed by atoms with Gasteiger partial charge in [0.15, 0.2) is 0 Å². The molecular weight excluding hydrogens is 260 g/mol. The topological polar surface area (TPSA) is 63.4 Å². The molecule has 5 heteroatoms. The Hall–Kier alpha value is -0.130. The fraction of sp³-hybridized carbons (Fsp3) is 1.00. The molecule has 0 aromatic heterocycles. The van der Waals surface area contributed by atoms with Crippen LogP contribution in [0.25, 0.3) is 0 Å². The van der Waals surface area contributed by atoms with Gasteiger partial charge in [0.1, 0.15) is 9.84 Å². The van der Waals surface area contributed by atoms with Crippen molar-refractivity contribution in [3.63, 3.8) is 0 Å². The molecule has 2 aliphatic heterocycles. The van der Waals surface area contributed by atoms with Crippen molar-refractivity contribution in [2.45, 2.75) is 56.5 Å². The van der Waals surface area contributed by atoms with Crippen molar-refractivity contribution in [2.75, 3.05) is 24.6 Å². The monoisotopic (exact) mass is 286 g/mol. The lowest BCUT2D eigenvalue weighted by atomic mass is 9.82. The van der Waals surface area contributed by atoms with Gasteiger partial charge in [-0.3, -0.25) is 4.90 Å². The number of hydrogen-bond donors (Lipinski definition) is 1. The normalized spacial score (nSPS) is 37.9. The molecule has 19 heavy (non-hydrogen) atoms. The van der Waals surface area contributed by atoms with Gasteiger partial charge in [-0.25, -0.2) is 8.42 Å². The smallest absolute Gasteiger partial charge is 0.150 e. The summed E-state index contributed by atoms with van der Waals surface area (Å²) < 4.78 is 23.4. The predicted molar refractivity (Wildman–Crippen MR) is 76.7 cm³/mol. The van der Waals surface area contributed by atoms with E-state index in [4.69, 9.17) is 5.73 Å². The second-order valence-corrected chi connectivity index (χ2v) is 8.98. The molecule has 3 aliphatic rings. The van der Waals surface area contributed by atoms with Gasteiger partial charge in [0, 0.05) is 18.1 Å². The lowest BCUT2D eigenvalue weighted by molar-refractivity contribution is 0.0463. The highest BCUT2D eigenvalue weighted by molar-refractivity contribution is 7.91. The Morgan fingerprint density at radius 3 is 2.47 bits per heavy atom. The van der Waals surface area contributed by atoms with Crippen LogP contribution in [0.4, 0.5) is 0 Å². The van der Waals surface area contributed by atoms with Crippen molar-refractivity contribution >= 4 is 9.84 Å². The Labute approximate surface area is 116 Å². The molecular formula is C14H26N2O2S. The van der Waals surface area contributed by atoms with Crippen LogP contribution in [-0.2, 0) is 9.84 Å². The first kappa shape index (κ1) is 13.8. The van der Waals surface area contributed by atoms with Crippen LogP contribution in [0.5, 0.6) is 0 Å². The lowest BCUT2D eigenvalue weighted by Gasteiger charge is -2.48. The summed E-state index contributed by atoms with van der Waals surface area (Å²) in [5.74, 6) is 1.51. The molecule has 2 saturated heterocycles. The minimum atomic E-state index is -2.80. The maximum Gasteiger partial charge on any atom is 0.150 e. The van der Waals surface area contributed by atoms with Gasteiger partial charge in [0.05, 0.1) is 11.5 Å². The summed E-state index contributed by atoms with van der Waals surface area (Å²) in [5, 5.41) is 0. The largest absolute Gasteiger partial charge is 0.329 e. The molecule has 4 nitrogen and oxygen atoms in total. The first-order valence-corrected chi connectivity index (χ1v) is 9.56. The fourth-order valence-corrected chi connectivity index (χ4v) is 6.11. The summed E-state index contributed by atoms with van der Waals surface area (Å²) in [5.41, 5.74) is 6.07. The van der Waals surface area contributed by atoms with Crippen molar-refractivity contribution in [2.24, 2.45) is 11.7 Å². The van der Waals surface area contributed by atoms with E-state index in [9.17, 15) is 8.42 Å². The van der Waals surface area contributed by atoms with Crippen LogP contribution in [0.1, 0.15) is 44.9 Å². The minimum absolute atomic E-state index is 0.0257. The van der Waals surface area contributed by atoms with Gasteiger partial charge < -0.3 is 5.73 Å². The summed E-state index contributed by atoms with van der Waals surface area (Å²) in [7, 11) is -2.80. The SMILES string of the molecule is NCC1(N2CCC3CCCCC32)CCS(=O)(=O)CC1. The summed E-state index contributed by atoms with van der Waals surface area (Å²) in [4.78, 5) is 2.62. The van der Waals surface area contributed by atoms with Gasteiger partial charge in [0.2, 0.25) is 0 Å². The van der Waals surface area contributed by atoms with E-state index in [0.29, 0.717) is 24.1 Å². The molecule has 2 unspecified atom stereocenters. The minimum Gasteiger partial charge on any atom is -0.329 e. The van der Waals surface area contributed by atoms with Crippen LogP contribution in [0.15, 0.2) is 0 Å². The van der Waals surface area contributed by atoms with Gasteiger partial charge in [-0.1, -0.05) is 12.8 Å². The standard InChI is InChI=1S/C14H26N2O2S/c15-11-14(6-9-19(17,18)10-7-14)16-8-5-12-3-1-2-4-13(12)16/h12-13H,1-11,15H2. The van der Waals surface area contributed by atoms with Crippen LogP contribution in [-0.4, -0.2) is 49.5 Å². The number of hydrogen-bond acceptors (Lipinski definition) is 4. The maximum atomic E-state index is 11.7. The molecule has 0 bridgehead atoms. The van der Waals surface area contributed by atoms with E-state index in [1.165, 1.54) is 32.1 Å². The molecule has 0 radical (unpaired) electrons. The van der Waals surface area contributed by atoms with Crippen molar-refractivity contribution in [1.29, 1.82) is 0 Å². The zero-order valence-corrected chi connectivity index (χ0v) is 12.5. The molecule has 110 valence electrons. The van der Waals surface area contributed by atoms with E-state index in [0.717, 1.165) is 25.3 Å². The van der Waals surface area contributed by atoms with Crippen molar-refractivity contribution in [1.82, 2.24) is 4.90 Å². The Balaban J connectivity index is 1.79. The van der Waals surface area contributed by atoms with Crippen LogP contribution in [0.3, 0.4) is 0 Å². The van der Waals surface area contributed by atoms with E-state index in [2.05, 4.69) is 4.90 Å². The molecule has 3 fully saturated rings. The molecule has 0 amide bonds. The van der Waals surface area contributed by atoms with Gasteiger partial charge >= 0.3 is 0 Å². The molecule has 0 spiro atoms. The quantitative estimate of drug-likeness (QED) is 0.827. The maximum absolute atomic E-state index is 11.7. The fourth-order valence-electron chi connectivity index (χ4n) is 4.52. The van der Waals surface area contributed by atoms with E-state index < -0.39 is 9.84 Å². The van der Waals surface area contributed by atoms with E-state index >= 15 is 0 Å². The third-order valence-electron chi connectivity index (χ3n) is 5.76. The van der Waals surface area contributed by atoms with Gasteiger partial charge in [-0.15, -0.1) is 0 Å². The van der Waals surface area contributed by atoms with Crippen molar-refractivity contribution in [3.05, 3.63) is 0 Å². The number of likely N-dealkylation sites (tertiary alicyclic amines) is 1. The van der Waals surface area contributed by atoms with Crippen molar-refractivity contribution < 1.29 is 8.42 Å². The third-order valence-corrected chi connectivity index (χ3v) is 7.41. The number of nitrogens with two attached hydrogens (primary N) is 1. The molecule has 0 aromatic rings. The second-order valence-electron chi connectivity index (χ2n) is 6.67. The molecule has 3 rings (SSSR count). The zero-order valence-electron chi connectivity index (χ0n) is 11.7. The number of rotatable bonds is 2. The molecule has 1 saturated carbocycles. The second kappa shape index (κ2) is 5.01. The first-order valence-electron chi connectivity index (χ1n) is 7.74. The molecule has 2 N–H and O–H groups in total. The van der Waals surface area contributed by atoms with Gasteiger partial charge in [0.25, 0.3) is 0 Å². The van der Waals surface area contributed by atoms with E-state index in [-0.39, 0.29) is 5.54 Å². The zero-order chi connectivity index (χ0) is 13.5. The summed E-state index contributed by atoms with van der Waals surface area (Å²) in [6.45, 7) is 1.75. The molecule has 1 aliphatic carbocycles. The van der Waals surface area contributed by atoms with Gasteiger partial charge in [-0.2, -0.15) is 0 Å². The van der Waals surface area contributed by atoms with Crippen molar-refractivity contribution in [3.8, 4) is 0 Å². The Bertz CT molecular complexity index is 421. The summed E-state index contributed by atoms with van der Waals surface area (Å²) >= 11 is 0. The van der Waals surface area contributed by atoms with Crippen LogP contribution >= 0.6 is 0 Å². The van der Waals surface area contributed by atoms with Crippen LogP contribution in [0.2, 0.25) is 0 Å². The summed E-state index contributed by atoms with van der Waals surface area (Å²) in [6.07, 6.45) is 8.14. The predicted octanol–water partition coefficient (Wildman–Crippen LogP) is 1.16. The van der Waals surface area contributed by atoms with Crippen LogP contribution in [0, 0.1) is 5.92 Å². The van der Waals surface area contributed by atoms with Gasteiger partial charge in [-0.05, 0) is 44.6 Å². The number of sulfone groups is 1. The summed E-state index contributed by atoms with van der Waals surface area (Å²) in [6, 6.07) is 0.679. The number of fused-ring (bicyclic) bond motifs is 1. The average Bonchev–Trinajstić information content (AvgIpc) is 2.84. The van der Waals surface area contributed by atoms with E-state index in [1.54, 1.807) is 0 Å². The van der Waals surface area contributed by atoms with E-state index in [1.807, 2.05) is 0 Å². The highest BCUT2D eigenvalue weighted by atomic mass is 32.2. The molecule has 0 aromatic carbocycles. The molecule has 2 heterocycles. The number of nitrogens with zero attached hydrogens (tertiary/aromatic N) is 1. The first-order chi connectivity index (χ1) is 9.06. The third kappa shape index (κ3) is 2.45.